The number of amides is 3. The molecule has 3 amide bonds. The Morgan fingerprint density at radius 3 is 2.27 bits per heavy atom. The first kappa shape index (κ1) is 59.1. The molecule has 4 aromatic rings. The van der Waals surface area contributed by atoms with Gasteiger partial charge in [0, 0.05) is 88.0 Å². The maximum absolute atomic E-state index is 14.3. The van der Waals surface area contributed by atoms with E-state index in [4.69, 9.17) is 28.4 Å². The molecular formula is C59H88N8O9Si. The predicted molar refractivity (Wildman–Crippen MR) is 304 cm³/mol. The van der Waals surface area contributed by atoms with Crippen molar-refractivity contribution >= 4 is 49.0 Å². The predicted octanol–water partition coefficient (Wildman–Crippen LogP) is 9.83. The minimum Gasteiger partial charge on any atom is -0.468 e. The molecule has 17 nitrogen and oxygen atoms in total. The SMILES string of the molecule is CCn1c(-c2cc(N3CCN(C(=O)OCc4ccccc4)CC3)cnc2[C@@H](C)OC)c(CC(C)(C)CO[Si](C)(C)C(C)(C)C)c2cc([C@H]3C[C@@H]3N(C)C[C@@H](NC(=O)OC(C)(C)C)C(=O)N3CCC[C@@H](C(=O)OC)N3)ccc21. The van der Waals surface area contributed by atoms with Crippen LogP contribution in [0.3, 0.4) is 0 Å². The zero-order chi connectivity index (χ0) is 56.2. The van der Waals surface area contributed by atoms with E-state index in [9.17, 15) is 19.2 Å². The first-order valence-corrected chi connectivity index (χ1v) is 30.5. The molecule has 2 N–H and O–H groups in total. The van der Waals surface area contributed by atoms with E-state index in [0.29, 0.717) is 58.7 Å². The fourth-order valence-corrected chi connectivity index (χ4v) is 11.5. The third-order valence-electron chi connectivity index (χ3n) is 15.9. The number of hydrogen-bond acceptors (Lipinski definition) is 13. The standard InChI is InChI=1S/C59H88N8O9Si/c1-16-66-49-25-24-41(43-33-50(43)63(11)36-48(61-55(70)76-57(3,4)5)53(68)67-26-20-23-47(62-67)54(69)73-13)31-44(49)46(34-59(9,10)38-75-77(14,15)58(6,7)8)52(66)45-32-42(35-60-51(45)39(2)72-12)64-27-29-65(30-28-64)56(71)74-37-40-21-18-17-19-22-40/h17-19,21-22,24-25,31-32,35,39,43,47-48,50,62H,16,20,23,26-30,33-34,36-38H2,1-15H3,(H,61,70)/t39-,43-,47+,48-,50+/m1/s1. The van der Waals surface area contributed by atoms with E-state index in [1.54, 1.807) is 32.8 Å². The van der Waals surface area contributed by atoms with Crippen LogP contribution in [0.15, 0.2) is 60.8 Å². The molecule has 4 heterocycles. The number of aromatic nitrogens is 2. The van der Waals surface area contributed by atoms with E-state index >= 15 is 0 Å². The van der Waals surface area contributed by atoms with Crippen molar-refractivity contribution in [3.8, 4) is 11.3 Å². The summed E-state index contributed by atoms with van der Waals surface area (Å²) in [4.78, 5) is 64.7. The maximum atomic E-state index is 14.3. The number of anilines is 1. The van der Waals surface area contributed by atoms with Gasteiger partial charge in [-0.05, 0) is 126 Å². The third-order valence-corrected chi connectivity index (χ3v) is 20.4. The molecule has 422 valence electrons. The number of alkyl carbamates (subject to hydrolysis) is 1. The van der Waals surface area contributed by atoms with Crippen LogP contribution in [0.1, 0.15) is 123 Å². The molecule has 0 radical (unpaired) electrons. The largest absolute Gasteiger partial charge is 0.468 e. The maximum Gasteiger partial charge on any atom is 0.410 e. The van der Waals surface area contributed by atoms with Gasteiger partial charge in [0.25, 0.3) is 5.91 Å². The second kappa shape index (κ2) is 24.2. The lowest BCUT2D eigenvalue weighted by Crippen LogP contribution is -2.62. The van der Waals surface area contributed by atoms with E-state index in [1.807, 2.05) is 50.5 Å². The lowest BCUT2D eigenvalue weighted by atomic mass is 9.84. The molecule has 3 fully saturated rings. The van der Waals surface area contributed by atoms with Crippen LogP contribution in [0.5, 0.6) is 0 Å². The minimum absolute atomic E-state index is 0.0533. The number of methoxy groups -OCH3 is 2. The summed E-state index contributed by atoms with van der Waals surface area (Å²) >= 11 is 0. The second-order valence-corrected chi connectivity index (χ2v) is 29.5. The minimum atomic E-state index is -2.10. The molecule has 3 aliphatic rings. The van der Waals surface area contributed by atoms with E-state index in [1.165, 1.54) is 28.6 Å². The van der Waals surface area contributed by atoms with E-state index in [-0.39, 0.29) is 53.7 Å². The van der Waals surface area contributed by atoms with Crippen LogP contribution in [0, 0.1) is 5.41 Å². The molecule has 0 bridgehead atoms. The van der Waals surface area contributed by atoms with Crippen molar-refractivity contribution in [1.82, 2.24) is 35.1 Å². The number of aryl methyl sites for hydroxylation is 1. The summed E-state index contributed by atoms with van der Waals surface area (Å²) in [5, 5.41) is 5.53. The molecule has 1 saturated carbocycles. The van der Waals surface area contributed by atoms with Crippen molar-refractivity contribution in [2.24, 2.45) is 5.41 Å². The fourth-order valence-electron chi connectivity index (χ4n) is 10.4. The highest BCUT2D eigenvalue weighted by Crippen LogP contribution is 2.48. The van der Waals surface area contributed by atoms with Crippen LogP contribution >= 0.6 is 0 Å². The van der Waals surface area contributed by atoms with E-state index in [2.05, 4.69) is 104 Å². The average Bonchev–Trinajstić information content (AvgIpc) is 4.20. The summed E-state index contributed by atoms with van der Waals surface area (Å²) in [6.45, 7) is 30.1. The number of hydrazine groups is 1. The Labute approximate surface area is 458 Å². The summed E-state index contributed by atoms with van der Waals surface area (Å²) in [6, 6.07) is 17.4. The molecular weight excluding hydrogens is 993 g/mol. The summed E-state index contributed by atoms with van der Waals surface area (Å²) in [5.41, 5.74) is 10.5. The molecule has 2 aromatic carbocycles. The summed E-state index contributed by atoms with van der Waals surface area (Å²) in [5.74, 6) is -0.629. The summed E-state index contributed by atoms with van der Waals surface area (Å²) < 4.78 is 31.8. The normalized spacial score (nSPS) is 19.3. The lowest BCUT2D eigenvalue weighted by molar-refractivity contribution is -0.150. The zero-order valence-corrected chi connectivity index (χ0v) is 49.7. The number of nitrogens with one attached hydrogen (secondary N) is 2. The molecule has 18 heteroatoms. The first-order chi connectivity index (χ1) is 36.2. The number of benzene rings is 2. The number of pyridine rings is 1. The van der Waals surface area contributed by atoms with Crippen molar-refractivity contribution in [2.75, 3.05) is 72.0 Å². The van der Waals surface area contributed by atoms with Gasteiger partial charge in [-0.1, -0.05) is 71.0 Å². The zero-order valence-electron chi connectivity index (χ0n) is 48.7. The Morgan fingerprint density at radius 2 is 1.64 bits per heavy atom. The highest BCUT2D eigenvalue weighted by molar-refractivity contribution is 6.74. The Hall–Kier alpha value is -5.53. The highest BCUT2D eigenvalue weighted by atomic mass is 28.4. The van der Waals surface area contributed by atoms with Gasteiger partial charge in [0.1, 0.15) is 24.3 Å². The van der Waals surface area contributed by atoms with Gasteiger partial charge in [-0.3, -0.25) is 19.6 Å². The number of carbonyl (C=O) groups is 4. The number of nitrogens with zero attached hydrogens (tertiary/aromatic N) is 6. The average molecular weight is 1080 g/mol. The van der Waals surface area contributed by atoms with Gasteiger partial charge in [-0.2, -0.15) is 0 Å². The number of likely N-dealkylation sites (N-methyl/N-ethyl adjacent to an activating group) is 1. The molecule has 7 rings (SSSR count). The van der Waals surface area contributed by atoms with Crippen LogP contribution in [0.4, 0.5) is 15.3 Å². The van der Waals surface area contributed by atoms with Crippen molar-refractivity contribution in [3.05, 3.63) is 83.2 Å². The van der Waals surface area contributed by atoms with Gasteiger partial charge in [0.15, 0.2) is 8.32 Å². The number of ether oxygens (including phenoxy) is 4. The number of piperazine rings is 1. The molecule has 77 heavy (non-hydrogen) atoms. The number of rotatable bonds is 19. The Kier molecular flexibility index (Phi) is 18.6. The molecule has 2 aromatic heterocycles. The molecule has 5 atom stereocenters. The lowest BCUT2D eigenvalue weighted by Gasteiger charge is -2.39. The topological polar surface area (TPSA) is 169 Å². The van der Waals surface area contributed by atoms with Crippen LogP contribution in [-0.4, -0.2) is 148 Å². The molecule has 1 aliphatic carbocycles. The smallest absolute Gasteiger partial charge is 0.410 e. The highest BCUT2D eigenvalue weighted by Gasteiger charge is 2.45. The Balaban J connectivity index is 1.22. The quantitative estimate of drug-likeness (QED) is 0.0518. The molecule has 2 saturated heterocycles. The molecule has 2 aliphatic heterocycles. The molecule has 0 spiro atoms. The van der Waals surface area contributed by atoms with Crippen LogP contribution in [-0.2, 0) is 52.5 Å². The Morgan fingerprint density at radius 1 is 0.935 bits per heavy atom. The van der Waals surface area contributed by atoms with E-state index < -0.39 is 38.1 Å². The van der Waals surface area contributed by atoms with Crippen molar-refractivity contribution in [3.63, 3.8) is 0 Å². The second-order valence-electron chi connectivity index (χ2n) is 24.6. The van der Waals surface area contributed by atoms with Gasteiger partial charge in [0.2, 0.25) is 0 Å². The monoisotopic (exact) mass is 1080 g/mol. The number of carbonyl (C=O) groups excluding carboxylic acids is 4. The third kappa shape index (κ3) is 14.4. The van der Waals surface area contributed by atoms with Crippen LogP contribution in [0.2, 0.25) is 18.1 Å². The Bertz CT molecular complexity index is 2710. The number of esters is 1. The number of hydrogen-bond donors (Lipinski definition) is 2. The van der Waals surface area contributed by atoms with Crippen molar-refractivity contribution in [2.45, 2.75) is 162 Å². The first-order valence-electron chi connectivity index (χ1n) is 27.6. The number of fused-ring (bicyclic) bond motifs is 1. The molecule has 0 unspecified atom stereocenters. The van der Waals surface area contributed by atoms with Gasteiger partial charge in [-0.15, -0.1) is 0 Å². The van der Waals surface area contributed by atoms with Gasteiger partial charge >= 0.3 is 18.2 Å². The van der Waals surface area contributed by atoms with Crippen molar-refractivity contribution in [1.29, 1.82) is 0 Å². The van der Waals surface area contributed by atoms with Crippen molar-refractivity contribution < 1.29 is 42.6 Å². The van der Waals surface area contributed by atoms with Gasteiger partial charge in [0.05, 0.1) is 36.5 Å². The summed E-state index contributed by atoms with van der Waals surface area (Å²) in [7, 11) is 2.96. The van der Waals surface area contributed by atoms with Crippen LogP contribution < -0.4 is 15.6 Å². The van der Waals surface area contributed by atoms with Crippen LogP contribution in [0.25, 0.3) is 22.2 Å². The van der Waals surface area contributed by atoms with Gasteiger partial charge in [-0.25, -0.2) is 15.0 Å². The van der Waals surface area contributed by atoms with Gasteiger partial charge < -0.3 is 48.0 Å². The van der Waals surface area contributed by atoms with E-state index in [0.717, 1.165) is 46.6 Å². The summed E-state index contributed by atoms with van der Waals surface area (Å²) in [6.07, 6.45) is 3.37. The fraction of sp³-hybridized carbons (Fsp3) is 0.610.